The maximum atomic E-state index is 11.9. The topological polar surface area (TPSA) is 111 Å². The van der Waals surface area contributed by atoms with Crippen LogP contribution in [0.15, 0.2) is 42.5 Å². The van der Waals surface area contributed by atoms with Crippen molar-refractivity contribution in [2.45, 2.75) is 38.5 Å². The van der Waals surface area contributed by atoms with E-state index >= 15 is 0 Å². The molecule has 0 bridgehead atoms. The number of non-ortho nitro benzene ring substituents is 1. The van der Waals surface area contributed by atoms with Crippen LogP contribution in [-0.4, -0.2) is 30.0 Å². The zero-order valence-electron chi connectivity index (χ0n) is 15.7. The van der Waals surface area contributed by atoms with Crippen molar-refractivity contribution < 1.29 is 19.2 Å². The third-order valence-electron chi connectivity index (χ3n) is 4.35. The zero-order chi connectivity index (χ0) is 20.4. The minimum absolute atomic E-state index is 0.0684. The van der Waals surface area contributed by atoms with Gasteiger partial charge in [0.15, 0.2) is 6.61 Å². The van der Waals surface area contributed by atoms with Crippen LogP contribution in [0.4, 0.5) is 10.5 Å². The quantitative estimate of drug-likeness (QED) is 0.383. The van der Waals surface area contributed by atoms with E-state index in [4.69, 9.17) is 4.74 Å². The minimum Gasteiger partial charge on any atom is -0.483 e. The number of amides is 3. The molecule has 0 saturated carbocycles. The predicted molar refractivity (Wildman–Crippen MR) is 105 cm³/mol. The van der Waals surface area contributed by atoms with E-state index in [0.717, 1.165) is 19.3 Å². The first kappa shape index (κ1) is 21.1. The Bertz CT molecular complexity index is 773. The molecule has 8 nitrogen and oxygen atoms in total. The fraction of sp³-hybridized carbons (Fsp3) is 0.400. The van der Waals surface area contributed by atoms with Gasteiger partial charge in [-0.1, -0.05) is 17.7 Å². The summed E-state index contributed by atoms with van der Waals surface area (Å²) in [5.74, 6) is -0.261. The Morgan fingerprint density at radius 1 is 1.32 bits per heavy atom. The number of hydrogen-bond acceptors (Lipinski definition) is 5. The Labute approximate surface area is 163 Å². The summed E-state index contributed by atoms with van der Waals surface area (Å²) in [5, 5.41) is 15.7. The highest BCUT2D eigenvalue weighted by Crippen LogP contribution is 2.25. The zero-order valence-corrected chi connectivity index (χ0v) is 15.7. The van der Waals surface area contributed by atoms with Crippen LogP contribution in [0.5, 0.6) is 5.75 Å². The number of rotatable bonds is 9. The second-order valence-electron chi connectivity index (χ2n) is 6.49. The molecule has 1 aliphatic rings. The Balaban J connectivity index is 1.78. The molecule has 0 aromatic heterocycles. The van der Waals surface area contributed by atoms with E-state index in [9.17, 15) is 19.7 Å². The van der Waals surface area contributed by atoms with E-state index in [0.29, 0.717) is 24.3 Å². The van der Waals surface area contributed by atoms with E-state index in [1.54, 1.807) is 6.08 Å². The van der Waals surface area contributed by atoms with Gasteiger partial charge >= 0.3 is 6.03 Å². The van der Waals surface area contributed by atoms with E-state index < -0.39 is 16.9 Å². The Morgan fingerprint density at radius 2 is 2.14 bits per heavy atom. The molecule has 8 heteroatoms. The average molecular weight is 387 g/mol. The van der Waals surface area contributed by atoms with Crippen molar-refractivity contribution in [3.8, 4) is 5.75 Å². The van der Waals surface area contributed by atoms with Crippen molar-refractivity contribution in [3.63, 3.8) is 0 Å². The summed E-state index contributed by atoms with van der Waals surface area (Å²) in [7, 11) is 0. The van der Waals surface area contributed by atoms with Crippen molar-refractivity contribution in [1.29, 1.82) is 0 Å². The second-order valence-corrected chi connectivity index (χ2v) is 6.49. The van der Waals surface area contributed by atoms with E-state index in [2.05, 4.69) is 23.3 Å². The first-order valence-electron chi connectivity index (χ1n) is 9.26. The SMILES string of the molecule is C=CCc1cc([N+](=O)[O-])ccc1OCC(=O)NC(=O)NCCC1=CCCCC1. The fourth-order valence-corrected chi connectivity index (χ4v) is 2.95. The van der Waals surface area contributed by atoms with Gasteiger partial charge in [-0.25, -0.2) is 4.79 Å². The van der Waals surface area contributed by atoms with Crippen molar-refractivity contribution in [2.24, 2.45) is 0 Å². The summed E-state index contributed by atoms with van der Waals surface area (Å²) >= 11 is 0. The van der Waals surface area contributed by atoms with Gasteiger partial charge in [0, 0.05) is 24.2 Å². The van der Waals surface area contributed by atoms with Gasteiger partial charge in [0.2, 0.25) is 0 Å². The van der Waals surface area contributed by atoms with Crippen LogP contribution in [0.1, 0.15) is 37.7 Å². The van der Waals surface area contributed by atoms with Crippen LogP contribution in [-0.2, 0) is 11.2 Å². The van der Waals surface area contributed by atoms with Gasteiger partial charge in [-0.3, -0.25) is 20.2 Å². The van der Waals surface area contributed by atoms with Crippen molar-refractivity contribution in [2.75, 3.05) is 13.2 Å². The second kappa shape index (κ2) is 10.9. The number of imide groups is 1. The molecule has 0 radical (unpaired) electrons. The lowest BCUT2D eigenvalue weighted by atomic mass is 9.97. The lowest BCUT2D eigenvalue weighted by molar-refractivity contribution is -0.384. The maximum Gasteiger partial charge on any atom is 0.321 e. The van der Waals surface area contributed by atoms with Gasteiger partial charge in [0.25, 0.3) is 11.6 Å². The summed E-state index contributed by atoms with van der Waals surface area (Å²) in [6, 6.07) is 3.54. The molecule has 0 spiro atoms. The third-order valence-corrected chi connectivity index (χ3v) is 4.35. The summed E-state index contributed by atoms with van der Waals surface area (Å²) in [6.45, 7) is 3.70. The highest BCUT2D eigenvalue weighted by Gasteiger charge is 2.13. The Kier molecular flexibility index (Phi) is 8.20. The highest BCUT2D eigenvalue weighted by molar-refractivity contribution is 5.95. The van der Waals surface area contributed by atoms with Gasteiger partial charge in [0.05, 0.1) is 4.92 Å². The summed E-state index contributed by atoms with van der Waals surface area (Å²) in [5.41, 5.74) is 1.82. The molecular formula is C20H25N3O5. The predicted octanol–water partition coefficient (Wildman–Crippen LogP) is 3.42. The monoisotopic (exact) mass is 387 g/mol. The number of urea groups is 1. The van der Waals surface area contributed by atoms with Gasteiger partial charge in [-0.2, -0.15) is 0 Å². The van der Waals surface area contributed by atoms with E-state index in [1.807, 2.05) is 0 Å². The number of carbonyl (C=O) groups excluding carboxylic acids is 2. The lowest BCUT2D eigenvalue weighted by Gasteiger charge is -2.13. The van der Waals surface area contributed by atoms with Crippen molar-refractivity contribution in [3.05, 3.63) is 58.2 Å². The van der Waals surface area contributed by atoms with Gasteiger partial charge in [0.1, 0.15) is 5.75 Å². The van der Waals surface area contributed by atoms with E-state index in [1.165, 1.54) is 36.6 Å². The van der Waals surface area contributed by atoms with Crippen LogP contribution >= 0.6 is 0 Å². The van der Waals surface area contributed by atoms with Gasteiger partial charge < -0.3 is 10.1 Å². The molecule has 28 heavy (non-hydrogen) atoms. The van der Waals surface area contributed by atoms with Crippen LogP contribution in [0, 0.1) is 10.1 Å². The number of nitro groups is 1. The van der Waals surface area contributed by atoms with E-state index in [-0.39, 0.29) is 12.3 Å². The molecule has 1 aromatic rings. The molecule has 3 amide bonds. The Morgan fingerprint density at radius 3 is 2.82 bits per heavy atom. The third kappa shape index (κ3) is 6.86. The molecule has 0 aliphatic heterocycles. The number of nitrogens with zero attached hydrogens (tertiary/aromatic N) is 1. The number of allylic oxidation sites excluding steroid dienone is 2. The molecule has 1 aromatic carbocycles. The van der Waals surface area contributed by atoms with Crippen molar-refractivity contribution >= 4 is 17.6 Å². The fourth-order valence-electron chi connectivity index (χ4n) is 2.95. The van der Waals surface area contributed by atoms with Gasteiger partial charge in [-0.15, -0.1) is 6.58 Å². The molecule has 0 atom stereocenters. The molecular weight excluding hydrogens is 362 g/mol. The maximum absolute atomic E-state index is 11.9. The average Bonchev–Trinajstić information content (AvgIpc) is 2.68. The largest absolute Gasteiger partial charge is 0.483 e. The molecule has 2 N–H and O–H groups in total. The number of benzene rings is 1. The summed E-state index contributed by atoms with van der Waals surface area (Å²) in [6.07, 6.45) is 9.50. The van der Waals surface area contributed by atoms with Crippen molar-refractivity contribution in [1.82, 2.24) is 10.6 Å². The molecule has 0 unspecified atom stereocenters. The standard InChI is InChI=1S/C20H25N3O5/c1-2-6-16-13-17(23(26)27)9-10-18(16)28-14-19(24)22-20(25)21-12-11-15-7-4-3-5-8-15/h2,7,9-10,13H,1,3-6,8,11-12,14H2,(H2,21,22,24,25). The first-order valence-corrected chi connectivity index (χ1v) is 9.26. The van der Waals surface area contributed by atoms with Crippen LogP contribution in [0.25, 0.3) is 0 Å². The molecule has 0 fully saturated rings. The number of carbonyl (C=O) groups is 2. The summed E-state index contributed by atoms with van der Waals surface area (Å²) < 4.78 is 5.42. The lowest BCUT2D eigenvalue weighted by Crippen LogP contribution is -2.42. The molecule has 0 heterocycles. The van der Waals surface area contributed by atoms with Crippen LogP contribution < -0.4 is 15.4 Å². The number of nitrogens with one attached hydrogen (secondary N) is 2. The van der Waals surface area contributed by atoms with Gasteiger partial charge in [-0.05, 0) is 44.6 Å². The molecule has 2 rings (SSSR count). The van der Waals surface area contributed by atoms with Crippen LogP contribution in [0.3, 0.4) is 0 Å². The molecule has 0 saturated heterocycles. The highest BCUT2D eigenvalue weighted by atomic mass is 16.6. The first-order chi connectivity index (χ1) is 13.5. The smallest absolute Gasteiger partial charge is 0.321 e. The number of hydrogen-bond donors (Lipinski definition) is 2. The number of ether oxygens (including phenoxy) is 1. The normalized spacial score (nSPS) is 13.2. The van der Waals surface area contributed by atoms with Crippen LogP contribution in [0.2, 0.25) is 0 Å². The minimum atomic E-state index is -0.600. The number of nitro benzene ring substituents is 1. The molecule has 1 aliphatic carbocycles. The summed E-state index contributed by atoms with van der Waals surface area (Å²) in [4.78, 5) is 34.1. The Hall–Kier alpha value is -3.16. The molecule has 150 valence electrons.